The first kappa shape index (κ1) is 17.3. The summed E-state index contributed by atoms with van der Waals surface area (Å²) in [6.45, 7) is 2.10. The van der Waals surface area contributed by atoms with E-state index in [1.807, 2.05) is 6.07 Å². The second-order valence-electron chi connectivity index (χ2n) is 5.58. The highest BCUT2D eigenvalue weighted by Crippen LogP contribution is 2.12. The van der Waals surface area contributed by atoms with Crippen molar-refractivity contribution in [3.8, 4) is 0 Å². The molecule has 0 saturated carbocycles. The molecule has 0 radical (unpaired) electrons. The number of hydrogen-bond donors (Lipinski definition) is 0. The zero-order chi connectivity index (χ0) is 17.9. The van der Waals surface area contributed by atoms with Gasteiger partial charge in [-0.2, -0.15) is 8.42 Å². The third kappa shape index (κ3) is 3.78. The normalized spacial score (nSPS) is 11.7. The zero-order valence-electron chi connectivity index (χ0n) is 13.8. The summed E-state index contributed by atoms with van der Waals surface area (Å²) < 4.78 is 30.7. The number of fused-ring (bicyclic) bond motifs is 1. The summed E-state index contributed by atoms with van der Waals surface area (Å²) >= 11 is 0. The molecule has 25 heavy (non-hydrogen) atoms. The van der Waals surface area contributed by atoms with Gasteiger partial charge in [0.25, 0.3) is 15.7 Å². The average molecular weight is 358 g/mol. The third-order valence-electron chi connectivity index (χ3n) is 3.85. The lowest BCUT2D eigenvalue weighted by Crippen LogP contribution is -2.24. The number of nitrogens with zero attached hydrogens (tertiary/aromatic N) is 2. The van der Waals surface area contributed by atoms with Crippen LogP contribution in [-0.4, -0.2) is 24.6 Å². The highest BCUT2D eigenvalue weighted by Gasteiger charge is 2.14. The van der Waals surface area contributed by atoms with Crippen LogP contribution in [0.15, 0.2) is 64.3 Å². The summed E-state index contributed by atoms with van der Waals surface area (Å²) in [5.74, 6) is 0.592. The summed E-state index contributed by atoms with van der Waals surface area (Å²) in [6, 6.07) is 15.1. The molecule has 0 aliphatic rings. The molecule has 3 rings (SSSR count). The second kappa shape index (κ2) is 7.16. The van der Waals surface area contributed by atoms with Crippen LogP contribution in [0.4, 0.5) is 0 Å². The summed E-state index contributed by atoms with van der Waals surface area (Å²) in [5.41, 5.74) is 0.526. The van der Waals surface area contributed by atoms with Crippen molar-refractivity contribution in [3.63, 3.8) is 0 Å². The Balaban J connectivity index is 1.69. The molecule has 0 N–H and O–H groups in total. The molecule has 3 aromatic rings. The molecule has 0 fully saturated rings. The van der Waals surface area contributed by atoms with Gasteiger partial charge in [0.05, 0.1) is 22.4 Å². The Kier molecular flexibility index (Phi) is 4.96. The first-order valence-corrected chi connectivity index (χ1v) is 9.30. The standard InChI is InChI=1S/C18H18N2O4S/c1-14-19-17-11-6-5-10-16(17)18(21)20(14)12-7-13-24-25(22,23)15-8-3-2-4-9-15/h2-6,8-11H,7,12-13H2,1H3. The van der Waals surface area contributed by atoms with Gasteiger partial charge in [0.1, 0.15) is 5.82 Å². The molecule has 0 atom stereocenters. The number of hydrogen-bond acceptors (Lipinski definition) is 5. The summed E-state index contributed by atoms with van der Waals surface area (Å²) in [6.07, 6.45) is 0.382. The Morgan fingerprint density at radius 3 is 2.48 bits per heavy atom. The Labute approximate surface area is 145 Å². The predicted molar refractivity (Wildman–Crippen MR) is 94.9 cm³/mol. The predicted octanol–water partition coefficient (Wildman–Crippen LogP) is 2.50. The van der Waals surface area contributed by atoms with E-state index in [9.17, 15) is 13.2 Å². The number of aryl methyl sites for hydroxylation is 1. The van der Waals surface area contributed by atoms with Crippen LogP contribution in [0.1, 0.15) is 12.2 Å². The number of aromatic nitrogens is 2. The van der Waals surface area contributed by atoms with Crippen LogP contribution in [0, 0.1) is 6.92 Å². The SMILES string of the molecule is Cc1nc2ccccc2c(=O)n1CCCOS(=O)(=O)c1ccccc1. The molecule has 0 aliphatic carbocycles. The molecule has 0 saturated heterocycles. The maximum Gasteiger partial charge on any atom is 0.296 e. The van der Waals surface area contributed by atoms with Gasteiger partial charge in [-0.3, -0.25) is 13.5 Å². The monoisotopic (exact) mass is 358 g/mol. The van der Waals surface area contributed by atoms with E-state index < -0.39 is 10.1 Å². The molecule has 6 nitrogen and oxygen atoms in total. The molecule has 0 spiro atoms. The molecule has 1 aromatic heterocycles. The fraction of sp³-hybridized carbons (Fsp3) is 0.222. The molecule has 0 unspecified atom stereocenters. The van der Waals surface area contributed by atoms with Crippen molar-refractivity contribution < 1.29 is 12.6 Å². The number of rotatable bonds is 6. The molecule has 0 aliphatic heterocycles. The van der Waals surface area contributed by atoms with E-state index in [1.165, 1.54) is 12.1 Å². The van der Waals surface area contributed by atoms with Gasteiger partial charge in [-0.1, -0.05) is 30.3 Å². The van der Waals surface area contributed by atoms with Crippen molar-refractivity contribution in [2.24, 2.45) is 0 Å². The maximum atomic E-state index is 12.5. The zero-order valence-corrected chi connectivity index (χ0v) is 14.6. The Morgan fingerprint density at radius 2 is 1.72 bits per heavy atom. The minimum absolute atomic E-state index is 0.00403. The molecule has 0 bridgehead atoms. The molecule has 7 heteroatoms. The maximum absolute atomic E-state index is 12.5. The highest BCUT2D eigenvalue weighted by atomic mass is 32.2. The second-order valence-corrected chi connectivity index (χ2v) is 7.19. The van der Waals surface area contributed by atoms with Gasteiger partial charge < -0.3 is 0 Å². The minimum atomic E-state index is -3.77. The average Bonchev–Trinajstić information content (AvgIpc) is 2.61. The smallest absolute Gasteiger partial charge is 0.296 e. The molecule has 0 amide bonds. The van der Waals surface area contributed by atoms with E-state index in [0.717, 1.165) is 0 Å². The van der Waals surface area contributed by atoms with Gasteiger partial charge in [-0.05, 0) is 37.6 Å². The molecule has 130 valence electrons. The van der Waals surface area contributed by atoms with Crippen molar-refractivity contribution in [2.45, 2.75) is 24.8 Å². The van der Waals surface area contributed by atoms with Crippen molar-refractivity contribution in [2.75, 3.05) is 6.61 Å². The van der Waals surface area contributed by atoms with Crippen molar-refractivity contribution >= 4 is 21.0 Å². The summed E-state index contributed by atoms with van der Waals surface area (Å²) in [5, 5.41) is 0.547. The molecular formula is C18H18N2O4S. The van der Waals surface area contributed by atoms with Gasteiger partial charge in [0.15, 0.2) is 0 Å². The molecular weight excluding hydrogens is 340 g/mol. The van der Waals surface area contributed by atoms with E-state index >= 15 is 0 Å². The van der Waals surface area contributed by atoms with Crippen molar-refractivity contribution in [3.05, 3.63) is 70.8 Å². The van der Waals surface area contributed by atoms with Crippen LogP contribution < -0.4 is 5.56 Å². The van der Waals surface area contributed by atoms with E-state index in [4.69, 9.17) is 4.18 Å². The lowest BCUT2D eigenvalue weighted by molar-refractivity contribution is 0.302. The van der Waals surface area contributed by atoms with Crippen LogP contribution in [0.25, 0.3) is 10.9 Å². The Hall–Kier alpha value is -2.51. The Bertz CT molecular complexity index is 1040. The van der Waals surface area contributed by atoms with Gasteiger partial charge in [-0.25, -0.2) is 4.98 Å². The van der Waals surface area contributed by atoms with Gasteiger partial charge >= 0.3 is 0 Å². The topological polar surface area (TPSA) is 78.3 Å². The fourth-order valence-corrected chi connectivity index (χ4v) is 3.55. The Morgan fingerprint density at radius 1 is 1.04 bits per heavy atom. The molecule has 2 aromatic carbocycles. The number of para-hydroxylation sites is 1. The number of benzene rings is 2. The highest BCUT2D eigenvalue weighted by molar-refractivity contribution is 7.86. The van der Waals surface area contributed by atoms with Crippen molar-refractivity contribution in [1.29, 1.82) is 0 Å². The van der Waals surface area contributed by atoms with Crippen LogP contribution in [0.3, 0.4) is 0 Å². The van der Waals surface area contributed by atoms with Crippen molar-refractivity contribution in [1.82, 2.24) is 9.55 Å². The van der Waals surface area contributed by atoms with Crippen LogP contribution in [0.2, 0.25) is 0 Å². The van der Waals surface area contributed by atoms with Gasteiger partial charge in [-0.15, -0.1) is 0 Å². The third-order valence-corrected chi connectivity index (χ3v) is 5.18. The van der Waals surface area contributed by atoms with Gasteiger partial charge in [0.2, 0.25) is 0 Å². The van der Waals surface area contributed by atoms with E-state index in [2.05, 4.69) is 4.98 Å². The fourth-order valence-electron chi connectivity index (χ4n) is 2.59. The summed E-state index contributed by atoms with van der Waals surface area (Å²) in [7, 11) is -3.77. The summed E-state index contributed by atoms with van der Waals surface area (Å²) in [4.78, 5) is 17.1. The lowest BCUT2D eigenvalue weighted by atomic mass is 10.2. The molecule has 1 heterocycles. The van der Waals surface area contributed by atoms with Crippen LogP contribution in [-0.2, 0) is 20.8 Å². The largest absolute Gasteiger partial charge is 0.296 e. The first-order valence-electron chi connectivity index (χ1n) is 7.90. The van der Waals surface area contributed by atoms with E-state index in [1.54, 1.807) is 47.9 Å². The van der Waals surface area contributed by atoms with Gasteiger partial charge in [0, 0.05) is 6.54 Å². The van der Waals surface area contributed by atoms with E-state index in [-0.39, 0.29) is 17.1 Å². The van der Waals surface area contributed by atoms with Crippen LogP contribution in [0.5, 0.6) is 0 Å². The lowest BCUT2D eigenvalue weighted by Gasteiger charge is -2.11. The van der Waals surface area contributed by atoms with E-state index in [0.29, 0.717) is 29.7 Å². The first-order chi connectivity index (χ1) is 12.0. The quantitative estimate of drug-likeness (QED) is 0.500. The van der Waals surface area contributed by atoms with Crippen LogP contribution >= 0.6 is 0 Å². The minimum Gasteiger partial charge on any atom is -0.296 e.